The first-order valence-corrected chi connectivity index (χ1v) is 6.93. The van der Waals surface area contributed by atoms with Gasteiger partial charge in [-0.25, -0.2) is 4.39 Å². The first kappa shape index (κ1) is 13.8. The van der Waals surface area contributed by atoms with Gasteiger partial charge in [0.05, 0.1) is 5.56 Å². The summed E-state index contributed by atoms with van der Waals surface area (Å²) >= 11 is 0. The Morgan fingerprint density at radius 2 is 2.11 bits per heavy atom. The number of hydrogen-bond donors (Lipinski definition) is 2. The summed E-state index contributed by atoms with van der Waals surface area (Å²) in [7, 11) is 0. The summed E-state index contributed by atoms with van der Waals surface area (Å²) in [4.78, 5) is 11.7. The van der Waals surface area contributed by atoms with Crippen molar-refractivity contribution in [3.05, 3.63) is 29.6 Å². The Morgan fingerprint density at radius 3 is 2.79 bits per heavy atom. The molecule has 1 aromatic rings. The van der Waals surface area contributed by atoms with E-state index in [9.17, 15) is 9.18 Å². The van der Waals surface area contributed by atoms with E-state index >= 15 is 0 Å². The van der Waals surface area contributed by atoms with Gasteiger partial charge in [0.15, 0.2) is 0 Å². The molecule has 0 saturated heterocycles. The Hall–Kier alpha value is -1.58. The van der Waals surface area contributed by atoms with Gasteiger partial charge in [-0.15, -0.1) is 0 Å². The Balaban J connectivity index is 1.74. The number of hydrogen-bond acceptors (Lipinski definition) is 2. The molecule has 1 fully saturated rings. The summed E-state index contributed by atoms with van der Waals surface area (Å²) in [5.41, 5.74) is -0.0151. The molecular weight excluding hydrogens is 245 g/mol. The van der Waals surface area contributed by atoms with Crippen molar-refractivity contribution < 1.29 is 14.3 Å². The zero-order valence-electron chi connectivity index (χ0n) is 11.0. The number of nitrogens with one attached hydrogen (secondary N) is 1. The average molecular weight is 265 g/mol. The van der Waals surface area contributed by atoms with Gasteiger partial charge in [0, 0.05) is 12.6 Å². The molecule has 1 aliphatic rings. The fraction of sp³-hybridized carbons (Fsp3) is 0.533. The third-order valence-electron chi connectivity index (χ3n) is 3.75. The molecule has 0 atom stereocenters. The Morgan fingerprint density at radius 1 is 1.37 bits per heavy atom. The lowest BCUT2D eigenvalue weighted by Gasteiger charge is -2.09. The maximum Gasteiger partial charge on any atom is 0.254 e. The normalized spacial score (nSPS) is 15.6. The Labute approximate surface area is 112 Å². The van der Waals surface area contributed by atoms with Gasteiger partial charge in [-0.3, -0.25) is 4.79 Å². The molecule has 1 saturated carbocycles. The Kier molecular flexibility index (Phi) is 4.77. The fourth-order valence-electron chi connectivity index (χ4n) is 2.68. The van der Waals surface area contributed by atoms with Crippen LogP contribution in [-0.2, 0) is 0 Å². The van der Waals surface area contributed by atoms with E-state index in [1.165, 1.54) is 37.8 Å². The van der Waals surface area contributed by atoms with Crippen LogP contribution < -0.4 is 5.32 Å². The van der Waals surface area contributed by atoms with Crippen LogP contribution in [-0.4, -0.2) is 17.6 Å². The molecule has 2 rings (SSSR count). The number of amides is 1. The second-order valence-corrected chi connectivity index (χ2v) is 5.21. The summed E-state index contributed by atoms with van der Waals surface area (Å²) in [6.07, 6.45) is 7.35. The van der Waals surface area contributed by atoms with Crippen molar-refractivity contribution in [2.45, 2.75) is 38.5 Å². The predicted octanol–water partition coefficient (Wildman–Crippen LogP) is 3.23. The van der Waals surface area contributed by atoms with Crippen LogP contribution in [0.25, 0.3) is 0 Å². The minimum Gasteiger partial charge on any atom is -0.508 e. The highest BCUT2D eigenvalue weighted by Crippen LogP contribution is 2.28. The summed E-state index contributed by atoms with van der Waals surface area (Å²) < 4.78 is 13.4. The van der Waals surface area contributed by atoms with E-state index in [0.717, 1.165) is 24.8 Å². The van der Waals surface area contributed by atoms with Crippen LogP contribution in [0.3, 0.4) is 0 Å². The molecule has 0 radical (unpaired) electrons. The van der Waals surface area contributed by atoms with Crippen molar-refractivity contribution in [2.24, 2.45) is 5.92 Å². The monoisotopic (exact) mass is 265 g/mol. The van der Waals surface area contributed by atoms with Crippen molar-refractivity contribution in [1.82, 2.24) is 5.32 Å². The number of carbonyl (C=O) groups excluding carboxylic acids is 1. The smallest absolute Gasteiger partial charge is 0.254 e. The van der Waals surface area contributed by atoms with E-state index in [2.05, 4.69) is 5.32 Å². The molecule has 4 heteroatoms. The third kappa shape index (κ3) is 3.94. The van der Waals surface area contributed by atoms with Crippen molar-refractivity contribution >= 4 is 5.91 Å². The predicted molar refractivity (Wildman–Crippen MR) is 71.6 cm³/mol. The molecule has 3 nitrogen and oxygen atoms in total. The SMILES string of the molecule is O=C(NCCCC1CCCC1)c1ccc(O)cc1F. The largest absolute Gasteiger partial charge is 0.508 e. The Bertz CT molecular complexity index is 442. The zero-order chi connectivity index (χ0) is 13.7. The van der Waals surface area contributed by atoms with E-state index in [1.54, 1.807) is 0 Å². The van der Waals surface area contributed by atoms with Gasteiger partial charge in [0.1, 0.15) is 11.6 Å². The van der Waals surface area contributed by atoms with E-state index in [4.69, 9.17) is 5.11 Å². The molecule has 1 aromatic carbocycles. The molecule has 0 spiro atoms. The van der Waals surface area contributed by atoms with Crippen molar-refractivity contribution in [3.63, 3.8) is 0 Å². The number of rotatable bonds is 5. The topological polar surface area (TPSA) is 49.3 Å². The molecular formula is C15H20FNO2. The minimum atomic E-state index is -0.687. The molecule has 0 aromatic heterocycles. The highest BCUT2D eigenvalue weighted by molar-refractivity contribution is 5.94. The molecule has 0 bridgehead atoms. The zero-order valence-corrected chi connectivity index (χ0v) is 11.0. The molecule has 0 heterocycles. The van der Waals surface area contributed by atoms with Crippen LogP contribution in [0.1, 0.15) is 48.9 Å². The molecule has 104 valence electrons. The van der Waals surface area contributed by atoms with Gasteiger partial charge in [0.25, 0.3) is 5.91 Å². The van der Waals surface area contributed by atoms with E-state index in [0.29, 0.717) is 6.54 Å². The van der Waals surface area contributed by atoms with Crippen LogP contribution in [0.4, 0.5) is 4.39 Å². The lowest BCUT2D eigenvalue weighted by molar-refractivity contribution is 0.0948. The number of benzene rings is 1. The maximum absolute atomic E-state index is 13.4. The van der Waals surface area contributed by atoms with Gasteiger partial charge < -0.3 is 10.4 Å². The van der Waals surface area contributed by atoms with Crippen LogP contribution in [0, 0.1) is 11.7 Å². The van der Waals surface area contributed by atoms with Gasteiger partial charge in [-0.2, -0.15) is 0 Å². The van der Waals surface area contributed by atoms with Crippen LogP contribution in [0.2, 0.25) is 0 Å². The first-order valence-electron chi connectivity index (χ1n) is 6.93. The first-order chi connectivity index (χ1) is 9.16. The molecule has 1 amide bonds. The molecule has 2 N–H and O–H groups in total. The van der Waals surface area contributed by atoms with Gasteiger partial charge in [-0.05, 0) is 30.9 Å². The van der Waals surface area contributed by atoms with Gasteiger partial charge >= 0.3 is 0 Å². The standard InChI is InChI=1S/C15H20FNO2/c16-14-10-12(18)7-8-13(14)15(19)17-9-3-6-11-4-1-2-5-11/h7-8,10-11,18H,1-6,9H2,(H,17,19). The highest BCUT2D eigenvalue weighted by atomic mass is 19.1. The summed E-state index contributed by atoms with van der Waals surface area (Å²) in [6, 6.07) is 3.57. The van der Waals surface area contributed by atoms with E-state index in [1.807, 2.05) is 0 Å². The number of phenolic OH excluding ortho intramolecular Hbond substituents is 1. The lowest BCUT2D eigenvalue weighted by Crippen LogP contribution is -2.25. The van der Waals surface area contributed by atoms with E-state index in [-0.39, 0.29) is 11.3 Å². The number of carbonyl (C=O) groups is 1. The second-order valence-electron chi connectivity index (χ2n) is 5.21. The average Bonchev–Trinajstić information content (AvgIpc) is 2.87. The van der Waals surface area contributed by atoms with Gasteiger partial charge in [-0.1, -0.05) is 25.7 Å². The summed E-state index contributed by atoms with van der Waals surface area (Å²) in [6.45, 7) is 0.579. The van der Waals surface area contributed by atoms with Crippen LogP contribution >= 0.6 is 0 Å². The number of aromatic hydroxyl groups is 1. The quantitative estimate of drug-likeness (QED) is 0.803. The second kappa shape index (κ2) is 6.55. The molecule has 19 heavy (non-hydrogen) atoms. The third-order valence-corrected chi connectivity index (χ3v) is 3.75. The molecule has 0 unspecified atom stereocenters. The van der Waals surface area contributed by atoms with Gasteiger partial charge in [0.2, 0.25) is 0 Å². The van der Waals surface area contributed by atoms with Crippen molar-refractivity contribution in [2.75, 3.05) is 6.54 Å². The summed E-state index contributed by atoms with van der Waals surface area (Å²) in [5, 5.41) is 11.8. The van der Waals surface area contributed by atoms with E-state index < -0.39 is 11.7 Å². The van der Waals surface area contributed by atoms with Crippen molar-refractivity contribution in [1.29, 1.82) is 0 Å². The van der Waals surface area contributed by atoms with Crippen molar-refractivity contribution in [3.8, 4) is 5.75 Å². The minimum absolute atomic E-state index is 0.0151. The maximum atomic E-state index is 13.4. The fourth-order valence-corrected chi connectivity index (χ4v) is 2.68. The molecule has 0 aliphatic heterocycles. The van der Waals surface area contributed by atoms with Crippen LogP contribution in [0.5, 0.6) is 5.75 Å². The number of phenols is 1. The van der Waals surface area contributed by atoms with Crippen LogP contribution in [0.15, 0.2) is 18.2 Å². The number of halogens is 1. The summed E-state index contributed by atoms with van der Waals surface area (Å²) in [5.74, 6) is -0.463. The molecule has 1 aliphatic carbocycles. The lowest BCUT2D eigenvalue weighted by atomic mass is 10.0. The highest BCUT2D eigenvalue weighted by Gasteiger charge is 2.15.